The van der Waals surface area contributed by atoms with Gasteiger partial charge in [0.1, 0.15) is 5.41 Å². The fourth-order valence-corrected chi connectivity index (χ4v) is 2.96. The van der Waals surface area contributed by atoms with E-state index in [-0.39, 0.29) is 5.97 Å². The van der Waals surface area contributed by atoms with Gasteiger partial charge in [0.05, 0.1) is 20.3 Å². The van der Waals surface area contributed by atoms with E-state index in [1.54, 1.807) is 0 Å². The van der Waals surface area contributed by atoms with Gasteiger partial charge in [0.25, 0.3) is 0 Å². The van der Waals surface area contributed by atoms with Crippen LogP contribution >= 0.6 is 0 Å². The molecule has 18 heavy (non-hydrogen) atoms. The maximum absolute atomic E-state index is 12.0. The van der Waals surface area contributed by atoms with E-state index >= 15 is 0 Å². The fourth-order valence-electron chi connectivity index (χ4n) is 2.96. The van der Waals surface area contributed by atoms with Crippen LogP contribution in [0.15, 0.2) is 0 Å². The van der Waals surface area contributed by atoms with Crippen LogP contribution in [0.3, 0.4) is 0 Å². The molecule has 0 atom stereocenters. The van der Waals surface area contributed by atoms with Gasteiger partial charge in [0, 0.05) is 6.42 Å². The Hall–Kier alpha value is -0.610. The Kier molecular flexibility index (Phi) is 4.28. The topological polar surface area (TPSA) is 44.8 Å². The lowest BCUT2D eigenvalue weighted by Gasteiger charge is -2.34. The number of hydrogen-bond acceptors (Lipinski definition) is 4. The minimum atomic E-state index is -0.701. The van der Waals surface area contributed by atoms with Gasteiger partial charge in [0.2, 0.25) is 0 Å². The third-order valence-corrected chi connectivity index (χ3v) is 4.17. The zero-order chi connectivity index (χ0) is 13.1. The minimum Gasteiger partial charge on any atom is -0.468 e. The molecule has 0 spiro atoms. The van der Waals surface area contributed by atoms with E-state index in [0.717, 1.165) is 25.7 Å². The molecule has 2 fully saturated rings. The molecular weight excluding hydrogens is 232 g/mol. The first-order chi connectivity index (χ1) is 8.71. The van der Waals surface area contributed by atoms with E-state index in [1.165, 1.54) is 26.4 Å². The molecule has 0 bridgehead atoms. The normalized spacial score (nSPS) is 23.9. The second-order valence-electron chi connectivity index (χ2n) is 5.33. The molecule has 1 aliphatic carbocycles. The standard InChI is InChI=1S/C14H24O4/c1-3-4-5-6-7-14(17-10-11-18-14)13(8-9-13)12(15)16-2/h3-11H2,1-2H3. The lowest BCUT2D eigenvalue weighted by atomic mass is 9.89. The summed E-state index contributed by atoms with van der Waals surface area (Å²) in [4.78, 5) is 12.0. The summed E-state index contributed by atoms with van der Waals surface area (Å²) in [5.41, 5.74) is -0.523. The van der Waals surface area contributed by atoms with Crippen molar-refractivity contribution in [2.75, 3.05) is 20.3 Å². The van der Waals surface area contributed by atoms with Gasteiger partial charge in [0.15, 0.2) is 5.79 Å². The van der Waals surface area contributed by atoms with Crippen LogP contribution in [0.25, 0.3) is 0 Å². The average molecular weight is 256 g/mol. The van der Waals surface area contributed by atoms with Crippen molar-refractivity contribution < 1.29 is 19.0 Å². The lowest BCUT2D eigenvalue weighted by Crippen LogP contribution is -2.46. The van der Waals surface area contributed by atoms with E-state index in [1.807, 2.05) is 0 Å². The van der Waals surface area contributed by atoms with Crippen LogP contribution in [0.4, 0.5) is 0 Å². The molecule has 4 nitrogen and oxygen atoms in total. The molecule has 0 amide bonds. The maximum atomic E-state index is 12.0. The zero-order valence-electron chi connectivity index (χ0n) is 11.5. The van der Waals surface area contributed by atoms with Gasteiger partial charge in [-0.15, -0.1) is 0 Å². The molecule has 0 radical (unpaired) electrons. The Bertz CT molecular complexity index is 290. The van der Waals surface area contributed by atoms with Crippen molar-refractivity contribution in [3.63, 3.8) is 0 Å². The smallest absolute Gasteiger partial charge is 0.317 e. The molecule has 104 valence electrons. The van der Waals surface area contributed by atoms with Crippen LogP contribution in [0.2, 0.25) is 0 Å². The summed E-state index contributed by atoms with van der Waals surface area (Å²) < 4.78 is 16.6. The summed E-state index contributed by atoms with van der Waals surface area (Å²) >= 11 is 0. The van der Waals surface area contributed by atoms with Crippen LogP contribution in [-0.2, 0) is 19.0 Å². The summed E-state index contributed by atoms with van der Waals surface area (Å²) in [6.07, 6.45) is 7.11. The predicted octanol–water partition coefficient (Wildman–Crippen LogP) is 2.65. The Morgan fingerprint density at radius 1 is 1.17 bits per heavy atom. The first-order valence-electron chi connectivity index (χ1n) is 7.07. The number of carbonyl (C=O) groups excluding carboxylic acids is 1. The molecule has 1 heterocycles. The zero-order valence-corrected chi connectivity index (χ0v) is 11.5. The highest BCUT2D eigenvalue weighted by molar-refractivity contribution is 5.81. The number of esters is 1. The van der Waals surface area contributed by atoms with Gasteiger partial charge in [-0.25, -0.2) is 0 Å². The first kappa shape index (κ1) is 13.8. The van der Waals surface area contributed by atoms with Gasteiger partial charge >= 0.3 is 5.97 Å². The number of carbonyl (C=O) groups is 1. The Labute approximate surface area is 109 Å². The molecule has 0 aromatic carbocycles. The largest absolute Gasteiger partial charge is 0.468 e. The monoisotopic (exact) mass is 256 g/mol. The summed E-state index contributed by atoms with van der Waals surface area (Å²) in [5, 5.41) is 0. The number of methoxy groups -OCH3 is 1. The van der Waals surface area contributed by atoms with Gasteiger partial charge < -0.3 is 14.2 Å². The molecule has 0 N–H and O–H groups in total. The van der Waals surface area contributed by atoms with Gasteiger partial charge in [-0.1, -0.05) is 26.2 Å². The summed E-state index contributed by atoms with van der Waals surface area (Å²) in [7, 11) is 1.45. The number of rotatable bonds is 7. The Morgan fingerprint density at radius 2 is 1.83 bits per heavy atom. The lowest BCUT2D eigenvalue weighted by molar-refractivity contribution is -0.221. The van der Waals surface area contributed by atoms with Crippen LogP contribution in [0.5, 0.6) is 0 Å². The van der Waals surface area contributed by atoms with Crippen LogP contribution < -0.4 is 0 Å². The van der Waals surface area contributed by atoms with Gasteiger partial charge in [-0.2, -0.15) is 0 Å². The minimum absolute atomic E-state index is 0.167. The van der Waals surface area contributed by atoms with E-state index < -0.39 is 11.2 Å². The van der Waals surface area contributed by atoms with Crippen molar-refractivity contribution in [3.8, 4) is 0 Å². The van der Waals surface area contributed by atoms with E-state index in [9.17, 15) is 4.79 Å². The summed E-state index contributed by atoms with van der Waals surface area (Å²) in [5.74, 6) is -0.867. The molecule has 0 aromatic rings. The molecule has 1 saturated carbocycles. The number of unbranched alkanes of at least 4 members (excludes halogenated alkanes) is 3. The molecule has 2 rings (SSSR count). The van der Waals surface area contributed by atoms with Crippen molar-refractivity contribution in [2.45, 2.75) is 57.7 Å². The second kappa shape index (κ2) is 5.57. The highest BCUT2D eigenvalue weighted by Crippen LogP contribution is 2.59. The van der Waals surface area contributed by atoms with E-state index in [0.29, 0.717) is 13.2 Å². The van der Waals surface area contributed by atoms with Crippen molar-refractivity contribution in [1.82, 2.24) is 0 Å². The fraction of sp³-hybridized carbons (Fsp3) is 0.929. The molecule has 0 unspecified atom stereocenters. The summed E-state index contributed by atoms with van der Waals surface area (Å²) in [6.45, 7) is 3.37. The van der Waals surface area contributed by atoms with Crippen LogP contribution in [-0.4, -0.2) is 32.1 Å². The highest BCUT2D eigenvalue weighted by atomic mass is 16.7. The third-order valence-electron chi connectivity index (χ3n) is 4.17. The molecule has 2 aliphatic rings. The van der Waals surface area contributed by atoms with Crippen molar-refractivity contribution in [2.24, 2.45) is 5.41 Å². The Morgan fingerprint density at radius 3 is 2.33 bits per heavy atom. The van der Waals surface area contributed by atoms with Gasteiger partial charge in [-0.3, -0.25) is 4.79 Å². The molecule has 4 heteroatoms. The third kappa shape index (κ3) is 2.28. The maximum Gasteiger partial charge on any atom is 0.317 e. The number of ether oxygens (including phenoxy) is 3. The number of hydrogen-bond donors (Lipinski definition) is 0. The van der Waals surface area contributed by atoms with Gasteiger partial charge in [-0.05, 0) is 19.3 Å². The average Bonchev–Trinajstić information content (AvgIpc) is 3.08. The first-order valence-corrected chi connectivity index (χ1v) is 7.07. The molecule has 1 saturated heterocycles. The SMILES string of the molecule is CCCCCCC1(C2(C(=O)OC)CC2)OCCO1. The van der Waals surface area contributed by atoms with Crippen molar-refractivity contribution in [1.29, 1.82) is 0 Å². The quantitative estimate of drug-likeness (QED) is 0.519. The van der Waals surface area contributed by atoms with E-state index in [2.05, 4.69) is 6.92 Å². The molecule has 0 aromatic heterocycles. The summed E-state index contributed by atoms with van der Waals surface area (Å²) in [6, 6.07) is 0. The van der Waals surface area contributed by atoms with Crippen molar-refractivity contribution in [3.05, 3.63) is 0 Å². The molecule has 1 aliphatic heterocycles. The molecular formula is C14H24O4. The van der Waals surface area contributed by atoms with E-state index in [4.69, 9.17) is 14.2 Å². The Balaban J connectivity index is 2.00. The van der Waals surface area contributed by atoms with Crippen LogP contribution in [0.1, 0.15) is 51.9 Å². The second-order valence-corrected chi connectivity index (χ2v) is 5.33. The highest BCUT2D eigenvalue weighted by Gasteiger charge is 2.68. The predicted molar refractivity (Wildman–Crippen MR) is 67.1 cm³/mol. The van der Waals surface area contributed by atoms with Crippen LogP contribution in [0, 0.1) is 5.41 Å². The van der Waals surface area contributed by atoms with Crippen molar-refractivity contribution >= 4 is 5.97 Å².